The molecule has 10 heteroatoms. The van der Waals surface area contributed by atoms with E-state index in [-0.39, 0.29) is 28.4 Å². The molecule has 4 rings (SSSR count). The number of carbonyl (C=O) groups is 1. The molecule has 0 aliphatic heterocycles. The van der Waals surface area contributed by atoms with Crippen molar-refractivity contribution in [1.82, 2.24) is 10.3 Å². The van der Waals surface area contributed by atoms with Crippen LogP contribution in [0.1, 0.15) is 48.2 Å². The smallest absolute Gasteiger partial charge is 0.416 e. The molecule has 0 unspecified atom stereocenters. The van der Waals surface area contributed by atoms with Crippen molar-refractivity contribution in [2.75, 3.05) is 10.6 Å². The van der Waals surface area contributed by atoms with E-state index in [4.69, 9.17) is 17.0 Å². The maximum Gasteiger partial charge on any atom is 0.416 e. The van der Waals surface area contributed by atoms with Crippen LogP contribution in [-0.2, 0) is 6.18 Å². The lowest BCUT2D eigenvalue weighted by Gasteiger charge is -2.22. The van der Waals surface area contributed by atoms with Gasteiger partial charge in [-0.2, -0.15) is 13.2 Å². The Balaban J connectivity index is 1.37. The maximum absolute atomic E-state index is 12.9. The van der Waals surface area contributed by atoms with E-state index in [0.717, 1.165) is 37.8 Å². The van der Waals surface area contributed by atoms with Crippen LogP contribution in [0.3, 0.4) is 0 Å². The number of nitrogens with zero attached hydrogens (tertiary/aromatic N) is 1. The molecule has 188 valence electrons. The normalized spacial score (nSPS) is 14.1. The third-order valence-corrected chi connectivity index (χ3v) is 5.88. The van der Waals surface area contributed by atoms with Gasteiger partial charge < -0.3 is 20.7 Å². The summed E-state index contributed by atoms with van der Waals surface area (Å²) in [5, 5.41) is 8.84. The van der Waals surface area contributed by atoms with Gasteiger partial charge in [0.2, 0.25) is 0 Å². The third kappa shape index (κ3) is 7.17. The Bertz CT molecular complexity index is 1230. The lowest BCUT2D eigenvalue weighted by Crippen LogP contribution is -2.36. The van der Waals surface area contributed by atoms with Gasteiger partial charge in [0.25, 0.3) is 5.91 Å². The Kier molecular flexibility index (Phi) is 8.04. The summed E-state index contributed by atoms with van der Waals surface area (Å²) in [6.45, 7) is 0. The SMILES string of the molecule is O=C(NC1CCCCC1)c1cc(Oc2cccc(NC(=S)Nc3cccc(C(F)(F)F)c3)c2)ccn1. The van der Waals surface area contributed by atoms with Gasteiger partial charge in [0.05, 0.1) is 5.56 Å². The van der Waals surface area contributed by atoms with Gasteiger partial charge >= 0.3 is 6.18 Å². The summed E-state index contributed by atoms with van der Waals surface area (Å²) < 4.78 is 44.7. The van der Waals surface area contributed by atoms with E-state index in [2.05, 4.69) is 20.9 Å². The lowest BCUT2D eigenvalue weighted by atomic mass is 9.95. The number of thiocarbonyl (C=S) groups is 1. The van der Waals surface area contributed by atoms with Gasteiger partial charge in [0.1, 0.15) is 17.2 Å². The number of anilines is 2. The van der Waals surface area contributed by atoms with Crippen molar-refractivity contribution in [1.29, 1.82) is 0 Å². The van der Waals surface area contributed by atoms with Gasteiger partial charge in [-0.25, -0.2) is 0 Å². The fourth-order valence-electron chi connectivity index (χ4n) is 3.95. The van der Waals surface area contributed by atoms with Gasteiger partial charge in [0, 0.05) is 35.7 Å². The van der Waals surface area contributed by atoms with Crippen LogP contribution in [0.2, 0.25) is 0 Å². The number of nitrogens with one attached hydrogen (secondary N) is 3. The van der Waals surface area contributed by atoms with Crippen molar-refractivity contribution in [2.24, 2.45) is 0 Å². The van der Waals surface area contributed by atoms with Gasteiger partial charge in [-0.1, -0.05) is 31.4 Å². The molecule has 1 aliphatic rings. The first kappa shape index (κ1) is 25.4. The van der Waals surface area contributed by atoms with E-state index in [1.807, 2.05) is 0 Å². The topological polar surface area (TPSA) is 75.3 Å². The largest absolute Gasteiger partial charge is 0.457 e. The molecule has 1 heterocycles. The first-order chi connectivity index (χ1) is 17.3. The van der Waals surface area contributed by atoms with E-state index < -0.39 is 11.7 Å². The van der Waals surface area contributed by atoms with Gasteiger partial charge in [0.15, 0.2) is 5.11 Å². The number of hydrogen-bond acceptors (Lipinski definition) is 4. The minimum atomic E-state index is -4.44. The van der Waals surface area contributed by atoms with Crippen molar-refractivity contribution in [3.05, 3.63) is 78.1 Å². The highest BCUT2D eigenvalue weighted by atomic mass is 32.1. The predicted molar refractivity (Wildman–Crippen MR) is 136 cm³/mol. The summed E-state index contributed by atoms with van der Waals surface area (Å²) in [6.07, 6.45) is 2.46. The number of carbonyl (C=O) groups excluding carboxylic acids is 1. The summed E-state index contributed by atoms with van der Waals surface area (Å²) in [5.74, 6) is 0.695. The second-order valence-corrected chi connectivity index (χ2v) is 8.88. The number of pyridine rings is 1. The first-order valence-electron chi connectivity index (χ1n) is 11.6. The van der Waals surface area contributed by atoms with Crippen molar-refractivity contribution < 1.29 is 22.7 Å². The van der Waals surface area contributed by atoms with E-state index in [0.29, 0.717) is 17.2 Å². The Morgan fingerprint density at radius 2 is 1.58 bits per heavy atom. The molecule has 1 saturated carbocycles. The van der Waals surface area contributed by atoms with Gasteiger partial charge in [-0.15, -0.1) is 0 Å². The standard InChI is InChI=1S/C26H25F3N4O2S/c27-26(28,29)17-6-4-9-19(14-17)32-25(36)33-20-10-5-11-21(15-20)35-22-12-13-30-23(16-22)24(34)31-18-7-2-1-3-8-18/h4-6,9-16,18H,1-3,7-8H2,(H,31,34)(H2,32,33,36). The number of hydrogen-bond donors (Lipinski definition) is 3. The fraction of sp³-hybridized carbons (Fsp3) is 0.269. The molecule has 0 atom stereocenters. The zero-order chi connectivity index (χ0) is 25.5. The molecular weight excluding hydrogens is 489 g/mol. The van der Waals surface area contributed by atoms with Gasteiger partial charge in [-0.05, 0) is 61.5 Å². The third-order valence-electron chi connectivity index (χ3n) is 5.68. The molecule has 1 aliphatic carbocycles. The van der Waals surface area contributed by atoms with Crippen molar-refractivity contribution in [2.45, 2.75) is 44.3 Å². The quantitative estimate of drug-likeness (QED) is 0.316. The summed E-state index contributed by atoms with van der Waals surface area (Å²) in [5.41, 5.74) is 0.292. The maximum atomic E-state index is 12.9. The number of rotatable bonds is 6. The minimum Gasteiger partial charge on any atom is -0.457 e. The molecule has 0 spiro atoms. The summed E-state index contributed by atoms with van der Waals surface area (Å²) in [4.78, 5) is 16.8. The molecule has 2 aromatic carbocycles. The number of aromatic nitrogens is 1. The van der Waals surface area contributed by atoms with Crippen LogP contribution in [0.4, 0.5) is 24.5 Å². The van der Waals surface area contributed by atoms with Crippen molar-refractivity contribution in [3.63, 3.8) is 0 Å². The highest BCUT2D eigenvalue weighted by Crippen LogP contribution is 2.31. The number of alkyl halides is 3. The van der Waals surface area contributed by atoms with E-state index in [1.165, 1.54) is 24.8 Å². The second kappa shape index (κ2) is 11.4. The number of halogens is 3. The molecule has 6 nitrogen and oxygen atoms in total. The lowest BCUT2D eigenvalue weighted by molar-refractivity contribution is -0.137. The molecule has 1 aromatic heterocycles. The molecule has 0 saturated heterocycles. The Morgan fingerprint density at radius 3 is 2.31 bits per heavy atom. The zero-order valence-corrected chi connectivity index (χ0v) is 20.1. The van der Waals surface area contributed by atoms with Crippen LogP contribution in [0.25, 0.3) is 0 Å². The number of amides is 1. The average molecular weight is 515 g/mol. The Hall–Kier alpha value is -3.66. The number of benzene rings is 2. The molecular formula is C26H25F3N4O2S. The van der Waals surface area contributed by atoms with Crippen molar-refractivity contribution >= 4 is 34.6 Å². The molecule has 1 fully saturated rings. The Labute approximate surface area is 212 Å². The highest BCUT2D eigenvalue weighted by molar-refractivity contribution is 7.80. The molecule has 3 N–H and O–H groups in total. The van der Waals surface area contributed by atoms with E-state index >= 15 is 0 Å². The molecule has 36 heavy (non-hydrogen) atoms. The van der Waals surface area contributed by atoms with Crippen LogP contribution in [-0.4, -0.2) is 22.0 Å². The molecule has 3 aromatic rings. The van der Waals surface area contributed by atoms with E-state index in [1.54, 1.807) is 36.4 Å². The first-order valence-corrected chi connectivity index (χ1v) is 12.0. The molecule has 1 amide bonds. The van der Waals surface area contributed by atoms with Crippen LogP contribution in [0, 0.1) is 0 Å². The average Bonchev–Trinajstić information content (AvgIpc) is 2.84. The van der Waals surface area contributed by atoms with Crippen molar-refractivity contribution in [3.8, 4) is 11.5 Å². The van der Waals surface area contributed by atoms with Crippen LogP contribution < -0.4 is 20.7 Å². The monoisotopic (exact) mass is 514 g/mol. The van der Waals surface area contributed by atoms with Gasteiger partial charge in [-0.3, -0.25) is 9.78 Å². The summed E-state index contributed by atoms with van der Waals surface area (Å²) in [6, 6.07) is 15.1. The Morgan fingerprint density at radius 1 is 0.917 bits per heavy atom. The summed E-state index contributed by atoms with van der Waals surface area (Å²) >= 11 is 5.24. The minimum absolute atomic E-state index is 0.122. The van der Waals surface area contributed by atoms with E-state index in [9.17, 15) is 18.0 Å². The number of ether oxygens (including phenoxy) is 1. The molecule has 0 radical (unpaired) electrons. The second-order valence-electron chi connectivity index (χ2n) is 8.47. The summed E-state index contributed by atoms with van der Waals surface area (Å²) in [7, 11) is 0. The van der Waals surface area contributed by atoms with Crippen LogP contribution in [0.15, 0.2) is 66.9 Å². The van der Waals surface area contributed by atoms with Crippen LogP contribution in [0.5, 0.6) is 11.5 Å². The van der Waals surface area contributed by atoms with Crippen LogP contribution >= 0.6 is 12.2 Å². The zero-order valence-electron chi connectivity index (χ0n) is 19.3. The fourth-order valence-corrected chi connectivity index (χ4v) is 4.18. The highest BCUT2D eigenvalue weighted by Gasteiger charge is 2.30. The molecule has 0 bridgehead atoms. The predicted octanol–water partition coefficient (Wildman–Crippen LogP) is 6.76.